The Hall–Kier alpha value is -3.41. The van der Waals surface area contributed by atoms with Crippen molar-refractivity contribution in [2.75, 3.05) is 31.1 Å². The second kappa shape index (κ2) is 8.53. The van der Waals surface area contributed by atoms with E-state index < -0.39 is 5.97 Å². The van der Waals surface area contributed by atoms with Gasteiger partial charge in [-0.2, -0.15) is 4.80 Å². The number of nitrogens with zero attached hydrogens (tertiary/aromatic N) is 8. The number of carbonyl (C=O) groups is 2. The lowest BCUT2D eigenvalue weighted by Crippen LogP contribution is -2.49. The van der Waals surface area contributed by atoms with E-state index in [1.54, 1.807) is 18.5 Å². The van der Waals surface area contributed by atoms with Crippen molar-refractivity contribution in [1.29, 1.82) is 0 Å². The van der Waals surface area contributed by atoms with Gasteiger partial charge in [0.25, 0.3) is 5.91 Å². The van der Waals surface area contributed by atoms with Crippen molar-refractivity contribution in [2.24, 2.45) is 0 Å². The summed E-state index contributed by atoms with van der Waals surface area (Å²) in [6, 6.07) is 7.38. The zero-order valence-corrected chi connectivity index (χ0v) is 17.3. The highest BCUT2D eigenvalue weighted by molar-refractivity contribution is 9.10. The molecule has 12 heteroatoms. The molecule has 1 aliphatic rings. The quantitative estimate of drug-likeness (QED) is 0.575. The molecule has 3 heterocycles. The highest BCUT2D eigenvalue weighted by atomic mass is 79.9. The number of anilines is 1. The van der Waals surface area contributed by atoms with Crippen LogP contribution in [-0.2, 0) is 11.3 Å². The minimum absolute atomic E-state index is 0.00564. The Kier molecular flexibility index (Phi) is 5.65. The second-order valence-electron chi connectivity index (χ2n) is 6.57. The minimum atomic E-state index is -1.05. The Labute approximate surface area is 179 Å². The molecule has 1 N–H and O–H groups in total. The molecule has 154 valence electrons. The Morgan fingerprint density at radius 2 is 1.77 bits per heavy atom. The number of carboxylic acid groups (broad SMARTS) is 1. The van der Waals surface area contributed by atoms with Crippen LogP contribution in [0, 0.1) is 0 Å². The van der Waals surface area contributed by atoms with Gasteiger partial charge in [0.2, 0.25) is 11.8 Å². The van der Waals surface area contributed by atoms with E-state index in [9.17, 15) is 9.59 Å². The van der Waals surface area contributed by atoms with Crippen LogP contribution in [0.1, 0.15) is 10.4 Å². The van der Waals surface area contributed by atoms with E-state index in [4.69, 9.17) is 5.11 Å². The van der Waals surface area contributed by atoms with Gasteiger partial charge in [0, 0.05) is 43.0 Å². The molecule has 2 aromatic heterocycles. The van der Waals surface area contributed by atoms with Crippen molar-refractivity contribution >= 4 is 33.8 Å². The lowest BCUT2D eigenvalue weighted by molar-refractivity contribution is -0.138. The molecule has 3 aromatic rings. The van der Waals surface area contributed by atoms with Gasteiger partial charge in [-0.1, -0.05) is 12.1 Å². The number of aliphatic carboxylic acids is 1. The number of tetrazole rings is 1. The van der Waals surface area contributed by atoms with Crippen LogP contribution >= 0.6 is 15.9 Å². The Balaban J connectivity index is 1.38. The first-order chi connectivity index (χ1) is 14.5. The topological polar surface area (TPSA) is 130 Å². The number of piperazine rings is 1. The molecule has 0 bridgehead atoms. The highest BCUT2D eigenvalue weighted by Gasteiger charge is 2.24. The highest BCUT2D eigenvalue weighted by Crippen LogP contribution is 2.20. The summed E-state index contributed by atoms with van der Waals surface area (Å²) in [5.41, 5.74) is 1.19. The SMILES string of the molecule is O=C(O)Cn1nnc(-c2cnc(N3CCN(C(=O)c4ccccc4Br)CC3)nc2)n1. The van der Waals surface area contributed by atoms with Crippen molar-refractivity contribution in [3.05, 3.63) is 46.7 Å². The number of benzene rings is 1. The number of carbonyl (C=O) groups excluding carboxylic acids is 1. The monoisotopic (exact) mass is 472 g/mol. The van der Waals surface area contributed by atoms with Crippen molar-refractivity contribution in [3.8, 4) is 11.4 Å². The molecule has 1 aliphatic heterocycles. The van der Waals surface area contributed by atoms with Crippen molar-refractivity contribution in [2.45, 2.75) is 6.54 Å². The predicted molar refractivity (Wildman–Crippen MR) is 109 cm³/mol. The van der Waals surface area contributed by atoms with Gasteiger partial charge >= 0.3 is 5.97 Å². The fraction of sp³-hybridized carbons (Fsp3) is 0.278. The van der Waals surface area contributed by atoms with Crippen LogP contribution in [0.15, 0.2) is 41.1 Å². The van der Waals surface area contributed by atoms with Gasteiger partial charge in [0.15, 0.2) is 6.54 Å². The number of halogens is 1. The standard InChI is InChI=1S/C18H17BrN8O3/c19-14-4-2-1-3-13(14)17(30)25-5-7-26(8-6-25)18-20-9-12(10-21-18)16-22-24-27(23-16)11-15(28)29/h1-4,9-10H,5-8,11H2,(H,28,29). The third-order valence-electron chi connectivity index (χ3n) is 4.58. The molecule has 1 amide bonds. The number of carboxylic acids is 1. The van der Waals surface area contributed by atoms with Crippen LogP contribution < -0.4 is 4.90 Å². The van der Waals surface area contributed by atoms with E-state index >= 15 is 0 Å². The summed E-state index contributed by atoms with van der Waals surface area (Å²) in [7, 11) is 0. The molecule has 30 heavy (non-hydrogen) atoms. The molecule has 0 spiro atoms. The number of hydrogen-bond acceptors (Lipinski definition) is 8. The molecule has 4 rings (SSSR count). The van der Waals surface area contributed by atoms with Gasteiger partial charge in [0.1, 0.15) is 0 Å². The lowest BCUT2D eigenvalue weighted by atomic mass is 10.2. The van der Waals surface area contributed by atoms with Crippen molar-refractivity contribution in [1.82, 2.24) is 35.1 Å². The Morgan fingerprint density at radius 3 is 2.43 bits per heavy atom. The van der Waals surface area contributed by atoms with E-state index in [0.717, 1.165) is 9.27 Å². The zero-order chi connectivity index (χ0) is 21.1. The maximum Gasteiger partial charge on any atom is 0.327 e. The molecule has 0 saturated carbocycles. The first-order valence-electron chi connectivity index (χ1n) is 9.12. The van der Waals surface area contributed by atoms with Gasteiger partial charge in [0.05, 0.1) is 11.1 Å². The Morgan fingerprint density at radius 1 is 1.07 bits per heavy atom. The molecule has 11 nitrogen and oxygen atoms in total. The average Bonchev–Trinajstić information content (AvgIpc) is 3.22. The largest absolute Gasteiger partial charge is 0.480 e. The van der Waals surface area contributed by atoms with Gasteiger partial charge < -0.3 is 14.9 Å². The van der Waals surface area contributed by atoms with Gasteiger partial charge in [-0.05, 0) is 33.3 Å². The lowest BCUT2D eigenvalue weighted by Gasteiger charge is -2.34. The second-order valence-corrected chi connectivity index (χ2v) is 7.42. The van der Waals surface area contributed by atoms with Crippen LogP contribution in [-0.4, -0.2) is 78.2 Å². The van der Waals surface area contributed by atoms with E-state index in [2.05, 4.69) is 41.3 Å². The molecule has 0 atom stereocenters. The van der Waals surface area contributed by atoms with Gasteiger partial charge in [-0.15, -0.1) is 10.2 Å². The van der Waals surface area contributed by atoms with Crippen LogP contribution in [0.3, 0.4) is 0 Å². The molecular formula is C18H17BrN8O3. The van der Waals surface area contributed by atoms with Gasteiger partial charge in [-0.25, -0.2) is 9.97 Å². The number of hydrogen-bond donors (Lipinski definition) is 1. The third-order valence-corrected chi connectivity index (χ3v) is 5.27. The summed E-state index contributed by atoms with van der Waals surface area (Å²) in [6.07, 6.45) is 3.14. The van der Waals surface area contributed by atoms with Crippen LogP contribution in [0.25, 0.3) is 11.4 Å². The van der Waals surface area contributed by atoms with E-state index in [-0.39, 0.29) is 18.3 Å². The smallest absolute Gasteiger partial charge is 0.327 e. The zero-order valence-electron chi connectivity index (χ0n) is 15.7. The average molecular weight is 473 g/mol. The molecule has 0 aliphatic carbocycles. The molecule has 1 saturated heterocycles. The molecule has 1 aromatic carbocycles. The van der Waals surface area contributed by atoms with Crippen molar-refractivity contribution in [3.63, 3.8) is 0 Å². The molecular weight excluding hydrogens is 456 g/mol. The predicted octanol–water partition coefficient (Wildman–Crippen LogP) is 0.940. The normalized spacial score (nSPS) is 14.0. The third kappa shape index (κ3) is 4.27. The van der Waals surface area contributed by atoms with E-state index in [1.165, 1.54) is 0 Å². The van der Waals surface area contributed by atoms with Crippen molar-refractivity contribution < 1.29 is 14.7 Å². The first-order valence-corrected chi connectivity index (χ1v) is 9.91. The molecule has 1 fully saturated rings. The van der Waals surface area contributed by atoms with Gasteiger partial charge in [-0.3, -0.25) is 9.59 Å². The van der Waals surface area contributed by atoms with Crippen LogP contribution in [0.5, 0.6) is 0 Å². The fourth-order valence-corrected chi connectivity index (χ4v) is 3.52. The number of aromatic nitrogens is 6. The minimum Gasteiger partial charge on any atom is -0.480 e. The maximum absolute atomic E-state index is 12.7. The summed E-state index contributed by atoms with van der Waals surface area (Å²) >= 11 is 3.43. The van der Waals surface area contributed by atoms with E-state index in [1.807, 2.05) is 28.0 Å². The Bertz CT molecular complexity index is 1060. The molecule has 0 radical (unpaired) electrons. The maximum atomic E-state index is 12.7. The summed E-state index contributed by atoms with van der Waals surface area (Å²) < 4.78 is 0.783. The summed E-state index contributed by atoms with van der Waals surface area (Å²) in [5, 5.41) is 20.3. The fourth-order valence-electron chi connectivity index (χ4n) is 3.06. The first kappa shape index (κ1) is 19.9. The summed E-state index contributed by atoms with van der Waals surface area (Å²) in [4.78, 5) is 37.0. The summed E-state index contributed by atoms with van der Waals surface area (Å²) in [5.74, 6) is -0.256. The number of amides is 1. The van der Waals surface area contributed by atoms with E-state index in [0.29, 0.717) is 43.3 Å². The molecule has 0 unspecified atom stereocenters. The van der Waals surface area contributed by atoms with Crippen LogP contribution in [0.4, 0.5) is 5.95 Å². The summed E-state index contributed by atoms with van der Waals surface area (Å²) in [6.45, 7) is 1.99. The van der Waals surface area contributed by atoms with Crippen LogP contribution in [0.2, 0.25) is 0 Å². The number of rotatable bonds is 5.